The van der Waals surface area contributed by atoms with E-state index in [-0.39, 0.29) is 17.3 Å². The van der Waals surface area contributed by atoms with Gasteiger partial charge in [0.2, 0.25) is 5.15 Å². The third-order valence-corrected chi connectivity index (χ3v) is 1.91. The molecule has 0 aliphatic heterocycles. The molecule has 1 heterocycles. The maximum atomic E-state index is 11.4. The second kappa shape index (κ2) is 5.04. The van der Waals surface area contributed by atoms with Gasteiger partial charge in [-0.1, -0.05) is 11.6 Å². The summed E-state index contributed by atoms with van der Waals surface area (Å²) in [5.74, 6) is -0.738. The van der Waals surface area contributed by atoms with E-state index in [0.29, 0.717) is 0 Å². The van der Waals surface area contributed by atoms with E-state index in [1.807, 2.05) is 0 Å². The van der Waals surface area contributed by atoms with Crippen LogP contribution in [0.1, 0.15) is 10.4 Å². The molecule has 0 atom stereocenters. The zero-order valence-corrected chi connectivity index (χ0v) is 8.56. The van der Waals surface area contributed by atoms with E-state index in [0.717, 1.165) is 6.07 Å². The number of aromatic nitrogens is 1. The van der Waals surface area contributed by atoms with E-state index >= 15 is 0 Å². The van der Waals surface area contributed by atoms with Crippen LogP contribution in [0.3, 0.4) is 0 Å². The summed E-state index contributed by atoms with van der Waals surface area (Å²) in [7, 11) is 0. The number of nitriles is 1. The Morgan fingerprint density at radius 2 is 2.44 bits per heavy atom. The van der Waals surface area contributed by atoms with Crippen molar-refractivity contribution >= 4 is 23.2 Å². The molecular weight excluding hydrogens is 236 g/mol. The van der Waals surface area contributed by atoms with Gasteiger partial charge >= 0.3 is 5.69 Å². The SMILES string of the molecule is N#CCNC(=O)c1ccnc(Cl)c1[N+](=O)[O-]. The first-order valence-electron chi connectivity index (χ1n) is 4.02. The first-order chi connectivity index (χ1) is 7.57. The van der Waals surface area contributed by atoms with Gasteiger partial charge in [-0.05, 0) is 6.07 Å². The van der Waals surface area contributed by atoms with Crippen molar-refractivity contribution in [1.82, 2.24) is 10.3 Å². The number of hydrogen-bond acceptors (Lipinski definition) is 5. The summed E-state index contributed by atoms with van der Waals surface area (Å²) in [5.41, 5.74) is -0.792. The maximum Gasteiger partial charge on any atom is 0.319 e. The van der Waals surface area contributed by atoms with Crippen LogP contribution in [0.25, 0.3) is 0 Å². The van der Waals surface area contributed by atoms with Crippen LogP contribution in [0.2, 0.25) is 5.15 Å². The Morgan fingerprint density at radius 1 is 1.75 bits per heavy atom. The van der Waals surface area contributed by atoms with E-state index in [4.69, 9.17) is 16.9 Å². The minimum Gasteiger partial charge on any atom is -0.339 e. The molecule has 0 spiro atoms. The number of hydrogen-bond donors (Lipinski definition) is 1. The Morgan fingerprint density at radius 3 is 3.00 bits per heavy atom. The van der Waals surface area contributed by atoms with Crippen molar-refractivity contribution in [3.05, 3.63) is 33.1 Å². The van der Waals surface area contributed by atoms with Gasteiger partial charge in [0.25, 0.3) is 5.91 Å². The normalized spacial score (nSPS) is 9.25. The topological polar surface area (TPSA) is 109 Å². The highest BCUT2D eigenvalue weighted by Crippen LogP contribution is 2.25. The molecule has 0 aliphatic carbocycles. The molecule has 0 aromatic carbocycles. The van der Waals surface area contributed by atoms with Crippen molar-refractivity contribution in [1.29, 1.82) is 5.26 Å². The van der Waals surface area contributed by atoms with Crippen molar-refractivity contribution in [2.45, 2.75) is 0 Å². The van der Waals surface area contributed by atoms with E-state index in [1.54, 1.807) is 6.07 Å². The van der Waals surface area contributed by atoms with Gasteiger partial charge in [0.15, 0.2) is 0 Å². The lowest BCUT2D eigenvalue weighted by atomic mass is 10.2. The molecule has 1 rings (SSSR count). The van der Waals surface area contributed by atoms with Gasteiger partial charge in [-0.15, -0.1) is 0 Å². The molecule has 16 heavy (non-hydrogen) atoms. The first kappa shape index (κ1) is 11.9. The molecule has 82 valence electrons. The van der Waals surface area contributed by atoms with Crippen LogP contribution in [0, 0.1) is 21.4 Å². The van der Waals surface area contributed by atoms with Crippen molar-refractivity contribution in [3.63, 3.8) is 0 Å². The summed E-state index contributed by atoms with van der Waals surface area (Å²) in [5, 5.41) is 20.7. The van der Waals surface area contributed by atoms with E-state index < -0.39 is 16.5 Å². The minimum absolute atomic E-state index is 0.222. The van der Waals surface area contributed by atoms with Crippen molar-refractivity contribution in [2.75, 3.05) is 6.54 Å². The second-order valence-electron chi connectivity index (χ2n) is 2.60. The Hall–Kier alpha value is -2.20. The Kier molecular flexibility index (Phi) is 3.74. The lowest BCUT2D eigenvalue weighted by molar-refractivity contribution is -0.385. The zero-order chi connectivity index (χ0) is 12.1. The quantitative estimate of drug-likeness (QED) is 0.365. The molecule has 1 aromatic rings. The largest absolute Gasteiger partial charge is 0.339 e. The number of pyridine rings is 1. The van der Waals surface area contributed by atoms with Gasteiger partial charge in [0.1, 0.15) is 12.1 Å². The molecule has 1 N–H and O–H groups in total. The fourth-order valence-corrected chi connectivity index (χ4v) is 1.23. The Balaban J connectivity index is 3.14. The monoisotopic (exact) mass is 240 g/mol. The van der Waals surface area contributed by atoms with Gasteiger partial charge in [-0.3, -0.25) is 14.9 Å². The van der Waals surface area contributed by atoms with Crippen LogP contribution >= 0.6 is 11.6 Å². The predicted octanol–water partition coefficient (Wildman–Crippen LogP) is 0.897. The number of rotatable bonds is 3. The molecule has 0 fully saturated rings. The number of nitro groups is 1. The van der Waals surface area contributed by atoms with E-state index in [9.17, 15) is 14.9 Å². The highest BCUT2D eigenvalue weighted by molar-refractivity contribution is 6.32. The highest BCUT2D eigenvalue weighted by atomic mass is 35.5. The average Bonchev–Trinajstić information content (AvgIpc) is 2.24. The van der Waals surface area contributed by atoms with Crippen molar-refractivity contribution in [3.8, 4) is 6.07 Å². The number of nitrogens with zero attached hydrogens (tertiary/aromatic N) is 3. The number of carbonyl (C=O) groups is 1. The number of nitrogens with one attached hydrogen (secondary N) is 1. The Bertz CT molecular complexity index is 483. The van der Waals surface area contributed by atoms with Crippen LogP contribution in [0.5, 0.6) is 0 Å². The van der Waals surface area contributed by atoms with Gasteiger partial charge in [0.05, 0.1) is 11.0 Å². The molecular formula is C8H5ClN4O3. The molecule has 0 saturated carbocycles. The van der Waals surface area contributed by atoms with Crippen molar-refractivity contribution in [2.24, 2.45) is 0 Å². The summed E-state index contributed by atoms with van der Waals surface area (Å²) < 4.78 is 0. The van der Waals surface area contributed by atoms with Gasteiger partial charge < -0.3 is 5.32 Å². The van der Waals surface area contributed by atoms with Crippen LogP contribution < -0.4 is 5.32 Å². The molecule has 0 radical (unpaired) electrons. The molecule has 1 amide bonds. The Labute approximate surface area is 94.8 Å². The average molecular weight is 241 g/mol. The van der Waals surface area contributed by atoms with Crippen LogP contribution in [-0.4, -0.2) is 22.4 Å². The van der Waals surface area contributed by atoms with E-state index in [1.165, 1.54) is 6.20 Å². The van der Waals surface area contributed by atoms with Crippen LogP contribution in [0.15, 0.2) is 12.3 Å². The molecule has 0 bridgehead atoms. The summed E-state index contributed by atoms with van der Waals surface area (Å²) in [6.07, 6.45) is 1.18. The zero-order valence-electron chi connectivity index (χ0n) is 7.81. The fourth-order valence-electron chi connectivity index (χ4n) is 1.00. The molecule has 0 saturated heterocycles. The summed E-state index contributed by atoms with van der Waals surface area (Å²) in [6.45, 7) is -0.240. The number of halogens is 1. The van der Waals surface area contributed by atoms with Crippen molar-refractivity contribution < 1.29 is 9.72 Å². The maximum absolute atomic E-state index is 11.4. The van der Waals surface area contributed by atoms with Gasteiger partial charge in [-0.2, -0.15) is 5.26 Å². The van der Waals surface area contributed by atoms with Crippen LogP contribution in [-0.2, 0) is 0 Å². The molecule has 1 aromatic heterocycles. The third kappa shape index (κ3) is 2.43. The standard InChI is InChI=1S/C8H5ClN4O3/c9-7-6(13(15)16)5(1-3-11-7)8(14)12-4-2-10/h1,3H,4H2,(H,12,14). The molecule has 8 heteroatoms. The summed E-state index contributed by atoms with van der Waals surface area (Å²) in [6, 6.07) is 2.84. The summed E-state index contributed by atoms with van der Waals surface area (Å²) >= 11 is 5.50. The van der Waals surface area contributed by atoms with Gasteiger partial charge in [0, 0.05) is 6.20 Å². The smallest absolute Gasteiger partial charge is 0.319 e. The lowest BCUT2D eigenvalue weighted by Gasteiger charge is -2.02. The number of amides is 1. The van der Waals surface area contributed by atoms with Crippen LogP contribution in [0.4, 0.5) is 5.69 Å². The van der Waals surface area contributed by atoms with Gasteiger partial charge in [-0.25, -0.2) is 4.98 Å². The fraction of sp³-hybridized carbons (Fsp3) is 0.125. The first-order valence-corrected chi connectivity index (χ1v) is 4.39. The summed E-state index contributed by atoms with van der Waals surface area (Å²) in [4.78, 5) is 24.8. The lowest BCUT2D eigenvalue weighted by Crippen LogP contribution is -2.24. The highest BCUT2D eigenvalue weighted by Gasteiger charge is 2.24. The molecule has 7 nitrogen and oxygen atoms in total. The molecule has 0 unspecified atom stereocenters. The number of carbonyl (C=O) groups excluding carboxylic acids is 1. The minimum atomic E-state index is -0.795. The third-order valence-electron chi connectivity index (χ3n) is 1.63. The second-order valence-corrected chi connectivity index (χ2v) is 2.95. The molecule has 0 aliphatic rings. The van der Waals surface area contributed by atoms with E-state index in [2.05, 4.69) is 10.3 Å². The predicted molar refractivity (Wildman–Crippen MR) is 53.8 cm³/mol.